The van der Waals surface area contributed by atoms with Crippen molar-refractivity contribution in [2.75, 3.05) is 11.9 Å². The van der Waals surface area contributed by atoms with Crippen LogP contribution >= 0.6 is 0 Å². The zero-order valence-electron chi connectivity index (χ0n) is 14.8. The number of para-hydroxylation sites is 1. The highest BCUT2D eigenvalue weighted by molar-refractivity contribution is 5.93. The number of alkyl halides is 2. The fourth-order valence-electron chi connectivity index (χ4n) is 2.41. The van der Waals surface area contributed by atoms with E-state index < -0.39 is 30.9 Å². The number of benzene rings is 2. The van der Waals surface area contributed by atoms with Crippen molar-refractivity contribution in [1.82, 2.24) is 0 Å². The van der Waals surface area contributed by atoms with Crippen LogP contribution in [0.5, 0.6) is 17.2 Å². The molecule has 0 fully saturated rings. The summed E-state index contributed by atoms with van der Waals surface area (Å²) in [7, 11) is 0. The number of ether oxygens (including phenoxy) is 4. The summed E-state index contributed by atoms with van der Waals surface area (Å²) in [5.41, 5.74) is 0.189. The van der Waals surface area contributed by atoms with Crippen molar-refractivity contribution in [3.63, 3.8) is 0 Å². The maximum absolute atomic E-state index is 13.0. The number of amides is 1. The molecule has 0 saturated heterocycles. The van der Waals surface area contributed by atoms with Gasteiger partial charge < -0.3 is 24.3 Å². The Hall–Kier alpha value is -3.36. The fourth-order valence-corrected chi connectivity index (χ4v) is 2.41. The molecule has 28 heavy (non-hydrogen) atoms. The van der Waals surface area contributed by atoms with E-state index in [1.54, 1.807) is 31.2 Å². The fraction of sp³-hybridized carbons (Fsp3) is 0.263. The number of carbonyl (C=O) groups is 2. The van der Waals surface area contributed by atoms with Crippen molar-refractivity contribution >= 4 is 17.6 Å². The van der Waals surface area contributed by atoms with Crippen molar-refractivity contribution in [2.45, 2.75) is 25.7 Å². The first-order valence-electron chi connectivity index (χ1n) is 8.44. The molecule has 0 aromatic heterocycles. The highest BCUT2D eigenvalue weighted by atomic mass is 19.3. The topological polar surface area (TPSA) is 83.1 Å². The largest absolute Gasteiger partial charge is 0.586 e. The third-order valence-corrected chi connectivity index (χ3v) is 3.69. The zero-order chi connectivity index (χ0) is 20.1. The normalized spacial score (nSPS) is 14.8. The van der Waals surface area contributed by atoms with Crippen LogP contribution in [0.1, 0.15) is 13.3 Å². The molecule has 2 aromatic rings. The molecular weight excluding hydrogens is 376 g/mol. The Morgan fingerprint density at radius 3 is 2.54 bits per heavy atom. The molecule has 1 aliphatic rings. The summed E-state index contributed by atoms with van der Waals surface area (Å²) in [5, 5.41) is 2.42. The predicted octanol–water partition coefficient (Wildman–Crippen LogP) is 3.35. The molecule has 2 aromatic carbocycles. The van der Waals surface area contributed by atoms with Crippen molar-refractivity contribution in [2.24, 2.45) is 0 Å². The van der Waals surface area contributed by atoms with E-state index in [4.69, 9.17) is 9.47 Å². The molecule has 0 radical (unpaired) electrons. The minimum atomic E-state index is -3.74. The number of esters is 1. The maximum Gasteiger partial charge on any atom is 0.586 e. The number of halogens is 2. The summed E-state index contributed by atoms with van der Waals surface area (Å²) < 4.78 is 45.1. The van der Waals surface area contributed by atoms with Gasteiger partial charge in [0.05, 0.1) is 0 Å². The summed E-state index contributed by atoms with van der Waals surface area (Å²) in [4.78, 5) is 24.1. The van der Waals surface area contributed by atoms with Crippen LogP contribution in [0, 0.1) is 0 Å². The SMILES string of the molecule is CC[C@H](Oc1ccccc1)C(=O)OCC(=O)Nc1ccc2c(c1)OC(F)(F)O2. The molecule has 0 unspecified atom stereocenters. The van der Waals surface area contributed by atoms with Crippen molar-refractivity contribution in [3.05, 3.63) is 48.5 Å². The lowest BCUT2D eigenvalue weighted by Crippen LogP contribution is -2.31. The van der Waals surface area contributed by atoms with Gasteiger partial charge in [-0.25, -0.2) is 4.79 Å². The van der Waals surface area contributed by atoms with Gasteiger partial charge in [0.2, 0.25) is 0 Å². The van der Waals surface area contributed by atoms with Gasteiger partial charge in [-0.3, -0.25) is 4.79 Å². The Balaban J connectivity index is 1.51. The predicted molar refractivity (Wildman–Crippen MR) is 93.4 cm³/mol. The van der Waals surface area contributed by atoms with Gasteiger partial charge in [0, 0.05) is 11.8 Å². The summed E-state index contributed by atoms with van der Waals surface area (Å²) in [6, 6.07) is 12.5. The standard InChI is InChI=1S/C19H17F2NO6/c1-2-14(26-13-6-4-3-5-7-13)18(24)25-11-17(23)22-12-8-9-15-16(10-12)28-19(20,21)27-15/h3-10,14H,2,11H2,1H3,(H,22,23)/t14-/m0/s1. The lowest BCUT2D eigenvalue weighted by Gasteiger charge is -2.16. The number of carbonyl (C=O) groups excluding carboxylic acids is 2. The van der Waals surface area contributed by atoms with E-state index in [0.29, 0.717) is 12.2 Å². The number of anilines is 1. The molecule has 3 rings (SSSR count). The second-order valence-electron chi connectivity index (χ2n) is 5.81. The number of rotatable bonds is 7. The molecule has 7 nitrogen and oxygen atoms in total. The van der Waals surface area contributed by atoms with Crippen LogP contribution in [0.25, 0.3) is 0 Å². The Labute approximate surface area is 159 Å². The van der Waals surface area contributed by atoms with Crippen LogP contribution < -0.4 is 19.5 Å². The van der Waals surface area contributed by atoms with Crippen LogP contribution in [-0.2, 0) is 14.3 Å². The summed E-state index contributed by atoms with van der Waals surface area (Å²) in [6.07, 6.45) is -4.25. The molecule has 0 bridgehead atoms. The lowest BCUT2D eigenvalue weighted by molar-refractivity contribution is -0.286. The highest BCUT2D eigenvalue weighted by Gasteiger charge is 2.43. The summed E-state index contributed by atoms with van der Waals surface area (Å²) in [6.45, 7) is 1.19. The first kappa shape index (κ1) is 19.4. The van der Waals surface area contributed by atoms with Gasteiger partial charge in [-0.15, -0.1) is 8.78 Å². The van der Waals surface area contributed by atoms with Crippen LogP contribution in [0.2, 0.25) is 0 Å². The molecule has 0 aliphatic carbocycles. The third-order valence-electron chi connectivity index (χ3n) is 3.69. The van der Waals surface area contributed by atoms with E-state index in [2.05, 4.69) is 14.8 Å². The molecular formula is C19H17F2NO6. The Morgan fingerprint density at radius 1 is 1.11 bits per heavy atom. The molecule has 1 aliphatic heterocycles. The van der Waals surface area contributed by atoms with E-state index in [1.165, 1.54) is 18.2 Å². The molecule has 9 heteroatoms. The molecule has 0 saturated carbocycles. The average molecular weight is 393 g/mol. The lowest BCUT2D eigenvalue weighted by atomic mass is 10.2. The number of hydrogen-bond donors (Lipinski definition) is 1. The monoisotopic (exact) mass is 393 g/mol. The van der Waals surface area contributed by atoms with Gasteiger partial charge in [-0.05, 0) is 30.7 Å². The molecule has 0 spiro atoms. The molecule has 1 heterocycles. The van der Waals surface area contributed by atoms with Crippen molar-refractivity contribution in [1.29, 1.82) is 0 Å². The van der Waals surface area contributed by atoms with E-state index in [1.807, 2.05) is 6.07 Å². The van der Waals surface area contributed by atoms with E-state index in [9.17, 15) is 18.4 Å². The minimum Gasteiger partial charge on any atom is -0.479 e. The van der Waals surface area contributed by atoms with Gasteiger partial charge in [-0.1, -0.05) is 25.1 Å². The maximum atomic E-state index is 13.0. The second-order valence-corrected chi connectivity index (χ2v) is 5.81. The molecule has 1 atom stereocenters. The average Bonchev–Trinajstić information content (AvgIpc) is 2.98. The van der Waals surface area contributed by atoms with Gasteiger partial charge >= 0.3 is 12.3 Å². The van der Waals surface area contributed by atoms with Gasteiger partial charge in [0.15, 0.2) is 24.2 Å². The van der Waals surface area contributed by atoms with Crippen molar-refractivity contribution in [3.8, 4) is 17.2 Å². The first-order valence-corrected chi connectivity index (χ1v) is 8.44. The van der Waals surface area contributed by atoms with Crippen LogP contribution in [0.4, 0.5) is 14.5 Å². The van der Waals surface area contributed by atoms with Gasteiger partial charge in [0.1, 0.15) is 5.75 Å². The van der Waals surface area contributed by atoms with Crippen LogP contribution in [-0.4, -0.2) is 30.9 Å². The minimum absolute atomic E-state index is 0.140. The second kappa shape index (κ2) is 8.12. The first-order chi connectivity index (χ1) is 13.4. The Bertz CT molecular complexity index is 859. The van der Waals surface area contributed by atoms with Crippen LogP contribution in [0.3, 0.4) is 0 Å². The Kier molecular flexibility index (Phi) is 5.62. The van der Waals surface area contributed by atoms with Gasteiger partial charge in [-0.2, -0.15) is 0 Å². The zero-order valence-corrected chi connectivity index (χ0v) is 14.8. The number of fused-ring (bicyclic) bond motifs is 1. The van der Waals surface area contributed by atoms with E-state index >= 15 is 0 Å². The number of nitrogens with one attached hydrogen (secondary N) is 1. The summed E-state index contributed by atoms with van der Waals surface area (Å²) in [5.74, 6) is -1.17. The van der Waals surface area contributed by atoms with E-state index in [-0.39, 0.29) is 17.2 Å². The highest BCUT2D eigenvalue weighted by Crippen LogP contribution is 2.42. The van der Waals surface area contributed by atoms with E-state index in [0.717, 1.165) is 0 Å². The number of hydrogen-bond acceptors (Lipinski definition) is 6. The van der Waals surface area contributed by atoms with Crippen LogP contribution in [0.15, 0.2) is 48.5 Å². The Morgan fingerprint density at radius 2 is 1.82 bits per heavy atom. The molecule has 1 amide bonds. The smallest absolute Gasteiger partial charge is 0.479 e. The molecule has 148 valence electrons. The van der Waals surface area contributed by atoms with Gasteiger partial charge in [0.25, 0.3) is 5.91 Å². The quantitative estimate of drug-likeness (QED) is 0.727. The van der Waals surface area contributed by atoms with Crippen molar-refractivity contribution < 1.29 is 37.3 Å². The molecule has 1 N–H and O–H groups in total. The summed E-state index contributed by atoms with van der Waals surface area (Å²) >= 11 is 0. The third kappa shape index (κ3) is 4.87.